The zero-order valence-corrected chi connectivity index (χ0v) is 20.6. The molecule has 0 aliphatic carbocycles. The minimum atomic E-state index is -0.922. The first-order chi connectivity index (χ1) is 17.0. The lowest BCUT2D eigenvalue weighted by Gasteiger charge is -2.32. The third-order valence-corrected chi connectivity index (χ3v) is 7.08. The van der Waals surface area contributed by atoms with Crippen LogP contribution in [0.15, 0.2) is 67.1 Å². The van der Waals surface area contributed by atoms with E-state index in [1.165, 1.54) is 0 Å². The van der Waals surface area contributed by atoms with E-state index in [1.54, 1.807) is 12.3 Å². The first-order valence-corrected chi connectivity index (χ1v) is 12.3. The van der Waals surface area contributed by atoms with E-state index in [1.807, 2.05) is 42.6 Å². The summed E-state index contributed by atoms with van der Waals surface area (Å²) >= 11 is 6.06. The van der Waals surface area contributed by atoms with Crippen molar-refractivity contribution in [2.75, 3.05) is 39.8 Å². The van der Waals surface area contributed by atoms with E-state index in [9.17, 15) is 9.90 Å². The van der Waals surface area contributed by atoms with E-state index in [0.29, 0.717) is 10.6 Å². The van der Waals surface area contributed by atoms with Gasteiger partial charge in [0.05, 0.1) is 5.56 Å². The van der Waals surface area contributed by atoms with Gasteiger partial charge in [-0.15, -0.1) is 0 Å². The average molecular weight is 489 g/mol. The molecule has 1 saturated heterocycles. The summed E-state index contributed by atoms with van der Waals surface area (Å²) in [5.41, 5.74) is 5.01. The second-order valence-corrected chi connectivity index (χ2v) is 9.65. The summed E-state index contributed by atoms with van der Waals surface area (Å²) in [7, 11) is 2.17. The van der Waals surface area contributed by atoms with E-state index in [2.05, 4.69) is 38.7 Å². The number of aromatic carboxylic acids is 1. The Morgan fingerprint density at radius 3 is 2.46 bits per heavy atom. The Morgan fingerprint density at radius 2 is 1.71 bits per heavy atom. The molecule has 1 aliphatic rings. The van der Waals surface area contributed by atoms with Crippen molar-refractivity contribution in [3.05, 3.63) is 77.7 Å². The summed E-state index contributed by atoms with van der Waals surface area (Å²) in [6.07, 6.45) is 6.72. The fraction of sp³-hybridized carbons (Fsp3) is 0.286. The van der Waals surface area contributed by atoms with Crippen LogP contribution in [-0.4, -0.2) is 70.2 Å². The number of carboxylic acid groups (broad SMARTS) is 1. The number of carboxylic acids is 1. The molecule has 6 nitrogen and oxygen atoms in total. The van der Waals surface area contributed by atoms with Gasteiger partial charge in [-0.2, -0.15) is 0 Å². The van der Waals surface area contributed by atoms with E-state index in [0.717, 1.165) is 78.8 Å². The van der Waals surface area contributed by atoms with Crippen LogP contribution in [0.5, 0.6) is 0 Å². The molecule has 0 saturated carbocycles. The summed E-state index contributed by atoms with van der Waals surface area (Å²) in [4.78, 5) is 21.5. The molecule has 180 valence electrons. The Labute approximate surface area is 210 Å². The number of aromatic nitrogens is 2. The highest BCUT2D eigenvalue weighted by atomic mass is 35.5. The second-order valence-electron chi connectivity index (χ2n) is 9.21. The number of halogens is 1. The molecule has 2 aromatic carbocycles. The van der Waals surface area contributed by atoms with Crippen molar-refractivity contribution >= 4 is 28.5 Å². The molecule has 1 N–H and O–H groups in total. The average Bonchev–Trinajstić information content (AvgIpc) is 3.24. The maximum Gasteiger partial charge on any atom is 0.336 e. The first kappa shape index (κ1) is 23.5. The maximum absolute atomic E-state index is 12.1. The Bertz CT molecular complexity index is 1340. The molecule has 5 rings (SSSR count). The summed E-state index contributed by atoms with van der Waals surface area (Å²) in [6, 6.07) is 15.2. The number of pyridine rings is 1. The van der Waals surface area contributed by atoms with Crippen molar-refractivity contribution in [1.82, 2.24) is 19.4 Å². The number of nitrogens with zero attached hydrogens (tertiary/aromatic N) is 4. The van der Waals surface area contributed by atoms with Gasteiger partial charge in [0.2, 0.25) is 0 Å². The molecule has 7 heteroatoms. The second kappa shape index (κ2) is 10.2. The molecule has 0 atom stereocenters. The highest BCUT2D eigenvalue weighted by Crippen LogP contribution is 2.35. The number of likely N-dealkylation sites (N-methyl/N-ethyl adjacent to an activating group) is 1. The van der Waals surface area contributed by atoms with Crippen molar-refractivity contribution < 1.29 is 9.90 Å². The summed E-state index contributed by atoms with van der Waals surface area (Å²) in [6.45, 7) is 6.28. The highest BCUT2D eigenvalue weighted by molar-refractivity contribution is 6.30. The fourth-order valence-corrected chi connectivity index (χ4v) is 4.98. The normalized spacial score (nSPS) is 15.0. The third kappa shape index (κ3) is 5.10. The molecule has 0 radical (unpaired) electrons. The highest BCUT2D eigenvalue weighted by Gasteiger charge is 2.19. The predicted molar refractivity (Wildman–Crippen MR) is 141 cm³/mol. The molecule has 0 amide bonds. The smallest absolute Gasteiger partial charge is 0.336 e. The van der Waals surface area contributed by atoms with Crippen molar-refractivity contribution in [2.45, 2.75) is 13.0 Å². The molecule has 1 fully saturated rings. The van der Waals surface area contributed by atoms with Gasteiger partial charge in [-0.3, -0.25) is 4.98 Å². The molecule has 1 aliphatic heterocycles. The Morgan fingerprint density at radius 1 is 0.971 bits per heavy atom. The van der Waals surface area contributed by atoms with E-state index >= 15 is 0 Å². The van der Waals surface area contributed by atoms with Crippen LogP contribution in [0.2, 0.25) is 5.02 Å². The molecule has 0 spiro atoms. The molecule has 2 aromatic heterocycles. The number of fused-ring (bicyclic) bond motifs is 1. The first-order valence-electron chi connectivity index (χ1n) is 12.0. The summed E-state index contributed by atoms with van der Waals surface area (Å²) in [5, 5.41) is 11.4. The van der Waals surface area contributed by atoms with E-state index < -0.39 is 5.97 Å². The van der Waals surface area contributed by atoms with Crippen LogP contribution in [0.25, 0.3) is 33.2 Å². The van der Waals surface area contributed by atoms with Gasteiger partial charge in [-0.05, 0) is 55.9 Å². The molecule has 35 heavy (non-hydrogen) atoms. The lowest BCUT2D eigenvalue weighted by molar-refractivity contribution is 0.0699. The van der Waals surface area contributed by atoms with Crippen LogP contribution in [0, 0.1) is 0 Å². The maximum atomic E-state index is 12.1. The van der Waals surface area contributed by atoms with Crippen molar-refractivity contribution in [3.63, 3.8) is 0 Å². The number of piperazine rings is 1. The van der Waals surface area contributed by atoms with Crippen molar-refractivity contribution in [2.24, 2.45) is 0 Å². The summed E-state index contributed by atoms with van der Waals surface area (Å²) in [5.74, 6) is -0.922. The quantitative estimate of drug-likeness (QED) is 0.379. The number of aryl methyl sites for hydroxylation is 1. The van der Waals surface area contributed by atoms with Crippen LogP contribution < -0.4 is 0 Å². The van der Waals surface area contributed by atoms with Crippen LogP contribution in [-0.2, 0) is 6.54 Å². The number of benzene rings is 2. The SMILES string of the molecule is CN1CCN(CCCn2cc(-c3cncc(-c4ccc(Cl)cc4)c3)c3c(C(=O)O)cccc32)CC1. The lowest BCUT2D eigenvalue weighted by atomic mass is 9.99. The van der Waals surface area contributed by atoms with Gasteiger partial charge >= 0.3 is 5.97 Å². The fourth-order valence-electron chi connectivity index (χ4n) is 4.86. The van der Waals surface area contributed by atoms with Crippen LogP contribution in [0.3, 0.4) is 0 Å². The standard InChI is InChI=1S/C28H29ClN4O2/c1-31-12-14-32(15-13-31)10-3-11-33-19-25(27-24(28(34)35)4-2-5-26(27)33)22-16-21(17-30-18-22)20-6-8-23(29)9-7-20/h2,4-9,16-19H,3,10-15H2,1H3,(H,34,35). The minimum absolute atomic E-state index is 0.312. The number of carbonyl (C=O) groups is 1. The Hall–Kier alpha value is -3.19. The molecular formula is C28H29ClN4O2. The molecule has 0 unspecified atom stereocenters. The molecular weight excluding hydrogens is 460 g/mol. The van der Waals surface area contributed by atoms with Gasteiger partial charge in [0.1, 0.15) is 0 Å². The van der Waals surface area contributed by atoms with Crippen molar-refractivity contribution in [3.8, 4) is 22.3 Å². The number of rotatable bonds is 7. The van der Waals surface area contributed by atoms with E-state index in [4.69, 9.17) is 11.6 Å². The van der Waals surface area contributed by atoms with Crippen LogP contribution in [0.1, 0.15) is 16.8 Å². The van der Waals surface area contributed by atoms with Gasteiger partial charge < -0.3 is 19.5 Å². The van der Waals surface area contributed by atoms with Gasteiger partial charge in [-0.25, -0.2) is 4.79 Å². The topological polar surface area (TPSA) is 61.6 Å². The molecule has 3 heterocycles. The van der Waals surface area contributed by atoms with Crippen molar-refractivity contribution in [1.29, 1.82) is 0 Å². The van der Waals surface area contributed by atoms with Gasteiger partial charge in [-0.1, -0.05) is 29.8 Å². The zero-order valence-electron chi connectivity index (χ0n) is 19.8. The zero-order chi connectivity index (χ0) is 24.4. The molecule has 4 aromatic rings. The van der Waals surface area contributed by atoms with Gasteiger partial charge in [0, 0.05) is 83.9 Å². The van der Waals surface area contributed by atoms with Gasteiger partial charge in [0.25, 0.3) is 0 Å². The molecule has 0 bridgehead atoms. The Kier molecular flexibility index (Phi) is 6.86. The van der Waals surface area contributed by atoms with Gasteiger partial charge in [0.15, 0.2) is 0 Å². The third-order valence-electron chi connectivity index (χ3n) is 6.83. The summed E-state index contributed by atoms with van der Waals surface area (Å²) < 4.78 is 2.20. The number of hydrogen-bond acceptors (Lipinski definition) is 4. The van der Waals surface area contributed by atoms with E-state index in [-0.39, 0.29) is 0 Å². The number of hydrogen-bond donors (Lipinski definition) is 1. The largest absolute Gasteiger partial charge is 0.478 e. The predicted octanol–water partition coefficient (Wildman–Crippen LogP) is 5.36. The van der Waals surface area contributed by atoms with Crippen LogP contribution >= 0.6 is 11.6 Å². The minimum Gasteiger partial charge on any atom is -0.478 e. The lowest BCUT2D eigenvalue weighted by Crippen LogP contribution is -2.44. The monoisotopic (exact) mass is 488 g/mol. The van der Waals surface area contributed by atoms with Crippen LogP contribution in [0.4, 0.5) is 0 Å². The Balaban J connectivity index is 1.49.